The van der Waals surface area contributed by atoms with Crippen LogP contribution < -0.4 is 0 Å². The van der Waals surface area contributed by atoms with Crippen LogP contribution in [0.4, 0.5) is 0 Å². The topological polar surface area (TPSA) is 108 Å². The molecular formula is C44H81NO8P+. The molecule has 314 valence electrons. The molecule has 0 aromatic heterocycles. The van der Waals surface area contributed by atoms with E-state index in [-0.39, 0.29) is 26.1 Å². The van der Waals surface area contributed by atoms with Crippen molar-refractivity contribution in [3.05, 3.63) is 48.6 Å². The van der Waals surface area contributed by atoms with Crippen molar-refractivity contribution in [2.24, 2.45) is 0 Å². The van der Waals surface area contributed by atoms with E-state index in [0.29, 0.717) is 23.9 Å². The van der Waals surface area contributed by atoms with Crippen LogP contribution in [0.5, 0.6) is 0 Å². The molecule has 0 saturated carbocycles. The zero-order chi connectivity index (χ0) is 40.0. The minimum absolute atomic E-state index is 0.0230. The minimum atomic E-state index is -4.38. The van der Waals surface area contributed by atoms with Crippen LogP contribution in [0.3, 0.4) is 0 Å². The molecule has 0 saturated heterocycles. The number of phosphoric acid groups is 1. The number of hydrogen-bond donors (Lipinski definition) is 1. The van der Waals surface area contributed by atoms with Crippen molar-refractivity contribution in [3.63, 3.8) is 0 Å². The number of unbranched alkanes of at least 4 members (excludes halogenated alkanes) is 16. The lowest BCUT2D eigenvalue weighted by Crippen LogP contribution is -2.37. The highest BCUT2D eigenvalue weighted by Gasteiger charge is 2.27. The summed E-state index contributed by atoms with van der Waals surface area (Å²) in [5.41, 5.74) is 0. The number of allylic oxidation sites excluding steroid dienone is 8. The van der Waals surface area contributed by atoms with Gasteiger partial charge in [0.05, 0.1) is 27.7 Å². The number of hydrogen-bond acceptors (Lipinski definition) is 7. The lowest BCUT2D eigenvalue weighted by atomic mass is 10.0. The Labute approximate surface area is 331 Å². The molecule has 1 unspecified atom stereocenters. The van der Waals surface area contributed by atoms with Crippen LogP contribution in [0, 0.1) is 0 Å². The molecule has 1 N–H and O–H groups in total. The number of carbonyl (C=O) groups is 2. The second-order valence-electron chi connectivity index (χ2n) is 15.4. The number of quaternary nitrogens is 1. The fraction of sp³-hybridized carbons (Fsp3) is 0.773. The number of likely N-dealkylation sites (N-methyl/N-ethyl adjacent to an activating group) is 1. The first-order valence-corrected chi connectivity index (χ1v) is 22.9. The molecule has 0 aliphatic carbocycles. The smallest absolute Gasteiger partial charge is 0.462 e. The van der Waals surface area contributed by atoms with Crippen LogP contribution in [0.15, 0.2) is 48.6 Å². The van der Waals surface area contributed by atoms with Gasteiger partial charge in [0.15, 0.2) is 6.10 Å². The van der Waals surface area contributed by atoms with Gasteiger partial charge in [-0.3, -0.25) is 18.6 Å². The van der Waals surface area contributed by atoms with Crippen molar-refractivity contribution in [1.82, 2.24) is 0 Å². The highest BCUT2D eigenvalue weighted by atomic mass is 31.2. The van der Waals surface area contributed by atoms with Crippen molar-refractivity contribution >= 4 is 19.8 Å². The van der Waals surface area contributed by atoms with E-state index >= 15 is 0 Å². The summed E-state index contributed by atoms with van der Waals surface area (Å²) in [6, 6.07) is 0. The molecule has 0 rings (SSSR count). The number of esters is 2. The largest absolute Gasteiger partial charge is 0.472 e. The SMILES string of the molecule is CCCCC/C=C/C/C=C/C/C=C/C/C=C\CCCC(=O)OC[C@H](COP(=O)(O)OCC[N+](C)(C)C)OC(=O)CCCCCCCCCCCCCCC. The molecule has 0 bridgehead atoms. The summed E-state index contributed by atoms with van der Waals surface area (Å²) < 4.78 is 34.2. The van der Waals surface area contributed by atoms with E-state index < -0.39 is 32.5 Å². The third-order valence-electron chi connectivity index (χ3n) is 8.86. The third-order valence-corrected chi connectivity index (χ3v) is 9.85. The van der Waals surface area contributed by atoms with E-state index in [1.165, 1.54) is 89.9 Å². The van der Waals surface area contributed by atoms with Gasteiger partial charge < -0.3 is 18.9 Å². The fourth-order valence-electron chi connectivity index (χ4n) is 5.48. The van der Waals surface area contributed by atoms with Gasteiger partial charge in [-0.25, -0.2) is 4.57 Å². The molecule has 0 radical (unpaired) electrons. The molecule has 2 atom stereocenters. The van der Waals surface area contributed by atoms with Crippen molar-refractivity contribution in [2.45, 2.75) is 174 Å². The summed E-state index contributed by atoms with van der Waals surface area (Å²) in [6.07, 6.45) is 41.6. The maximum Gasteiger partial charge on any atom is 0.472 e. The Morgan fingerprint density at radius 3 is 1.54 bits per heavy atom. The summed E-state index contributed by atoms with van der Waals surface area (Å²) >= 11 is 0. The molecule has 0 heterocycles. The maximum absolute atomic E-state index is 12.7. The second-order valence-corrected chi connectivity index (χ2v) is 16.8. The Morgan fingerprint density at radius 2 is 1.02 bits per heavy atom. The molecule has 0 aromatic rings. The second kappa shape index (κ2) is 36.6. The molecular weight excluding hydrogens is 701 g/mol. The number of phosphoric ester groups is 1. The Hall–Kier alpha value is -2.03. The Bertz CT molecular complexity index is 1070. The highest BCUT2D eigenvalue weighted by Crippen LogP contribution is 2.43. The van der Waals surface area contributed by atoms with E-state index in [4.69, 9.17) is 18.5 Å². The normalized spacial score (nSPS) is 14.1. The van der Waals surface area contributed by atoms with E-state index in [1.54, 1.807) is 0 Å². The first-order chi connectivity index (χ1) is 26.0. The monoisotopic (exact) mass is 783 g/mol. The van der Waals surface area contributed by atoms with Gasteiger partial charge >= 0.3 is 19.8 Å². The third kappa shape index (κ3) is 39.7. The maximum atomic E-state index is 12.7. The molecule has 9 nitrogen and oxygen atoms in total. The molecule has 0 amide bonds. The first-order valence-electron chi connectivity index (χ1n) is 21.4. The van der Waals surface area contributed by atoms with Crippen molar-refractivity contribution in [1.29, 1.82) is 0 Å². The van der Waals surface area contributed by atoms with Crippen molar-refractivity contribution < 1.29 is 42.1 Å². The molecule has 0 aliphatic rings. The number of nitrogens with zero attached hydrogens (tertiary/aromatic N) is 1. The lowest BCUT2D eigenvalue weighted by Gasteiger charge is -2.24. The number of carbonyl (C=O) groups excluding carboxylic acids is 2. The predicted molar refractivity (Wildman–Crippen MR) is 224 cm³/mol. The van der Waals surface area contributed by atoms with Gasteiger partial charge in [-0.05, 0) is 51.4 Å². The molecule has 10 heteroatoms. The Balaban J connectivity index is 4.47. The number of rotatable bonds is 38. The lowest BCUT2D eigenvalue weighted by molar-refractivity contribution is -0.870. The average Bonchev–Trinajstić information content (AvgIpc) is 3.12. The Morgan fingerprint density at radius 1 is 0.574 bits per heavy atom. The molecule has 0 aliphatic heterocycles. The molecule has 54 heavy (non-hydrogen) atoms. The summed E-state index contributed by atoms with van der Waals surface area (Å²) in [5.74, 6) is -0.864. The zero-order valence-corrected chi connectivity index (χ0v) is 36.1. The number of ether oxygens (including phenoxy) is 2. The van der Waals surface area contributed by atoms with Gasteiger partial charge in [0.1, 0.15) is 19.8 Å². The van der Waals surface area contributed by atoms with E-state index in [9.17, 15) is 19.0 Å². The molecule has 0 spiro atoms. The van der Waals surface area contributed by atoms with Gasteiger partial charge in [0.25, 0.3) is 0 Å². The summed E-state index contributed by atoms with van der Waals surface area (Å²) in [5, 5.41) is 0. The van der Waals surface area contributed by atoms with Gasteiger partial charge in [-0.1, -0.05) is 152 Å². The van der Waals surface area contributed by atoms with E-state index in [0.717, 1.165) is 38.5 Å². The quantitative estimate of drug-likeness (QED) is 0.0217. The van der Waals surface area contributed by atoms with Gasteiger partial charge in [-0.2, -0.15) is 0 Å². The first kappa shape index (κ1) is 52.0. The molecule has 0 aromatic carbocycles. The van der Waals surface area contributed by atoms with Crippen LogP contribution >= 0.6 is 7.82 Å². The van der Waals surface area contributed by atoms with E-state index in [2.05, 4.69) is 62.5 Å². The van der Waals surface area contributed by atoms with Crippen molar-refractivity contribution in [3.8, 4) is 0 Å². The van der Waals surface area contributed by atoms with Crippen LogP contribution in [0.1, 0.15) is 168 Å². The van der Waals surface area contributed by atoms with Crippen molar-refractivity contribution in [2.75, 3.05) is 47.5 Å². The molecule has 0 fully saturated rings. The minimum Gasteiger partial charge on any atom is -0.462 e. The van der Waals surface area contributed by atoms with Gasteiger partial charge in [0, 0.05) is 12.8 Å². The van der Waals surface area contributed by atoms with Crippen LogP contribution in [0.2, 0.25) is 0 Å². The fourth-order valence-corrected chi connectivity index (χ4v) is 6.22. The summed E-state index contributed by atoms with van der Waals surface area (Å²) in [6.45, 7) is 4.32. The summed E-state index contributed by atoms with van der Waals surface area (Å²) in [4.78, 5) is 35.3. The van der Waals surface area contributed by atoms with Gasteiger partial charge in [0.2, 0.25) is 0 Å². The van der Waals surface area contributed by atoms with Crippen LogP contribution in [0.25, 0.3) is 0 Å². The average molecular weight is 783 g/mol. The van der Waals surface area contributed by atoms with Crippen LogP contribution in [-0.2, 0) is 32.7 Å². The summed E-state index contributed by atoms with van der Waals surface area (Å²) in [7, 11) is 1.45. The highest BCUT2D eigenvalue weighted by molar-refractivity contribution is 7.47. The predicted octanol–water partition coefficient (Wildman–Crippen LogP) is 11.9. The Kier molecular flexibility index (Phi) is 35.2. The van der Waals surface area contributed by atoms with Gasteiger partial charge in [-0.15, -0.1) is 0 Å². The van der Waals surface area contributed by atoms with E-state index in [1.807, 2.05) is 21.1 Å². The zero-order valence-electron chi connectivity index (χ0n) is 35.2. The standard InChI is InChI=1S/C44H80NO8P/c1-6-8-10-12-14-16-18-20-21-22-23-25-26-28-30-32-34-36-43(46)50-40-42(41-52-54(48,49)51-39-38-45(3,4)5)53-44(47)37-35-33-31-29-27-24-19-17-15-13-11-9-7-2/h14,16,20-21,23,25,28,30,42H,6-13,15,17-19,22,24,26-27,29,31-41H2,1-5H3/p+1/b16-14+,21-20+,25-23+,30-28-/t42-/m1/s1. The van der Waals surface area contributed by atoms with Crippen LogP contribution in [-0.4, -0.2) is 74.9 Å².